The van der Waals surface area contributed by atoms with Crippen molar-refractivity contribution >= 4 is 29.2 Å². The second-order valence-electron chi connectivity index (χ2n) is 4.67. The highest BCUT2D eigenvalue weighted by Crippen LogP contribution is 2.21. The summed E-state index contributed by atoms with van der Waals surface area (Å²) in [5, 5.41) is 13.3. The molecular weight excluding hydrogens is 313 g/mol. The van der Waals surface area contributed by atoms with Crippen LogP contribution in [0.15, 0.2) is 34.7 Å². The van der Waals surface area contributed by atoms with E-state index in [1.807, 2.05) is 13.0 Å². The molecule has 0 bridgehead atoms. The molecule has 6 heteroatoms. The largest absolute Gasteiger partial charge is 0.475 e. The van der Waals surface area contributed by atoms with E-state index in [2.05, 4.69) is 5.32 Å². The average Bonchev–Trinajstić information content (AvgIpc) is 2.91. The highest BCUT2D eigenvalue weighted by atomic mass is 35.5. The molecule has 1 atom stereocenters. The summed E-state index contributed by atoms with van der Waals surface area (Å²) in [5.74, 6) is -0.532. The van der Waals surface area contributed by atoms with Gasteiger partial charge in [-0.05, 0) is 49.7 Å². The first-order valence-electron chi connectivity index (χ1n) is 6.47. The third kappa shape index (κ3) is 4.24. The van der Waals surface area contributed by atoms with Gasteiger partial charge in [0, 0.05) is 10.0 Å². The lowest BCUT2D eigenvalue weighted by atomic mass is 10.1. The Kier molecular flexibility index (Phi) is 5.28. The third-order valence-corrected chi connectivity index (χ3v) is 3.71. The molecule has 112 valence electrons. The summed E-state index contributed by atoms with van der Waals surface area (Å²) >= 11 is 12.0. The SMILES string of the molecule is CC(NCCc1ccc(Cl)cc1Cl)c1ccc(C(=O)O)o1. The predicted molar refractivity (Wildman–Crippen MR) is 82.3 cm³/mol. The van der Waals surface area contributed by atoms with Crippen molar-refractivity contribution in [3.63, 3.8) is 0 Å². The Hall–Kier alpha value is -1.49. The summed E-state index contributed by atoms with van der Waals surface area (Å²) < 4.78 is 5.24. The Morgan fingerprint density at radius 2 is 2.10 bits per heavy atom. The highest BCUT2D eigenvalue weighted by Gasteiger charge is 2.13. The molecule has 1 aromatic heterocycles. The molecule has 2 aromatic rings. The molecule has 0 fully saturated rings. The van der Waals surface area contributed by atoms with Crippen LogP contribution < -0.4 is 5.32 Å². The maximum Gasteiger partial charge on any atom is 0.371 e. The monoisotopic (exact) mass is 327 g/mol. The van der Waals surface area contributed by atoms with E-state index >= 15 is 0 Å². The fraction of sp³-hybridized carbons (Fsp3) is 0.267. The molecule has 1 aromatic carbocycles. The van der Waals surface area contributed by atoms with E-state index in [1.165, 1.54) is 6.07 Å². The van der Waals surface area contributed by atoms with Gasteiger partial charge in [0.2, 0.25) is 5.76 Å². The number of carboxylic acid groups (broad SMARTS) is 1. The number of rotatable bonds is 6. The van der Waals surface area contributed by atoms with Gasteiger partial charge in [0.1, 0.15) is 5.76 Å². The summed E-state index contributed by atoms with van der Waals surface area (Å²) in [6.07, 6.45) is 0.743. The molecule has 0 aliphatic carbocycles. The van der Waals surface area contributed by atoms with E-state index in [0.717, 1.165) is 12.0 Å². The fourth-order valence-corrected chi connectivity index (χ4v) is 2.45. The molecule has 0 aliphatic heterocycles. The summed E-state index contributed by atoms with van der Waals surface area (Å²) in [5.41, 5.74) is 1.01. The number of halogens is 2. The number of benzene rings is 1. The van der Waals surface area contributed by atoms with Gasteiger partial charge < -0.3 is 14.8 Å². The van der Waals surface area contributed by atoms with E-state index in [1.54, 1.807) is 18.2 Å². The zero-order valence-corrected chi connectivity index (χ0v) is 12.9. The van der Waals surface area contributed by atoms with Crippen LogP contribution in [0.25, 0.3) is 0 Å². The van der Waals surface area contributed by atoms with E-state index in [9.17, 15) is 4.79 Å². The molecule has 0 saturated heterocycles. The summed E-state index contributed by atoms with van der Waals surface area (Å²) in [6.45, 7) is 2.60. The molecule has 0 amide bonds. The van der Waals surface area contributed by atoms with Crippen molar-refractivity contribution < 1.29 is 14.3 Å². The smallest absolute Gasteiger partial charge is 0.371 e. The standard InChI is InChI=1S/C15H15Cl2NO3/c1-9(13-4-5-14(21-13)15(19)20)18-7-6-10-2-3-11(16)8-12(10)17/h2-5,8-9,18H,6-7H2,1H3,(H,19,20). The van der Waals surface area contributed by atoms with Crippen LogP contribution in [-0.4, -0.2) is 17.6 Å². The van der Waals surface area contributed by atoms with Crippen LogP contribution in [0.4, 0.5) is 0 Å². The van der Waals surface area contributed by atoms with E-state index in [4.69, 9.17) is 32.7 Å². The Labute approximate surface area is 132 Å². The number of hydrogen-bond donors (Lipinski definition) is 2. The molecule has 21 heavy (non-hydrogen) atoms. The van der Waals surface area contributed by atoms with Gasteiger partial charge in [-0.15, -0.1) is 0 Å². The fourth-order valence-electron chi connectivity index (χ4n) is 1.95. The molecule has 0 radical (unpaired) electrons. The van der Waals surface area contributed by atoms with Gasteiger partial charge in [-0.2, -0.15) is 0 Å². The van der Waals surface area contributed by atoms with Crippen LogP contribution in [0.2, 0.25) is 10.0 Å². The van der Waals surface area contributed by atoms with Crippen LogP contribution >= 0.6 is 23.2 Å². The molecule has 0 aliphatic rings. The van der Waals surface area contributed by atoms with Crippen molar-refractivity contribution in [3.8, 4) is 0 Å². The second kappa shape index (κ2) is 6.98. The van der Waals surface area contributed by atoms with Crippen LogP contribution in [0, 0.1) is 0 Å². The first-order valence-corrected chi connectivity index (χ1v) is 7.23. The van der Waals surface area contributed by atoms with E-state index in [0.29, 0.717) is 22.4 Å². The highest BCUT2D eigenvalue weighted by molar-refractivity contribution is 6.35. The minimum Gasteiger partial charge on any atom is -0.475 e. The lowest BCUT2D eigenvalue weighted by Gasteiger charge is -2.12. The van der Waals surface area contributed by atoms with Crippen molar-refractivity contribution in [1.29, 1.82) is 0 Å². The summed E-state index contributed by atoms with van der Waals surface area (Å²) in [6, 6.07) is 8.45. The zero-order valence-electron chi connectivity index (χ0n) is 11.4. The zero-order chi connectivity index (χ0) is 15.4. The molecule has 0 spiro atoms. The molecule has 4 nitrogen and oxygen atoms in total. The number of nitrogens with one attached hydrogen (secondary N) is 1. The molecule has 0 saturated carbocycles. The van der Waals surface area contributed by atoms with Gasteiger partial charge in [0.25, 0.3) is 0 Å². The van der Waals surface area contributed by atoms with Gasteiger partial charge in [-0.3, -0.25) is 0 Å². The number of carboxylic acids is 1. The Bertz CT molecular complexity index is 640. The van der Waals surface area contributed by atoms with Crippen LogP contribution in [0.5, 0.6) is 0 Å². The van der Waals surface area contributed by atoms with Crippen LogP contribution in [-0.2, 0) is 6.42 Å². The van der Waals surface area contributed by atoms with Gasteiger partial charge in [-0.25, -0.2) is 4.79 Å². The first kappa shape index (κ1) is 15.9. The van der Waals surface area contributed by atoms with Crippen LogP contribution in [0.1, 0.15) is 34.8 Å². The van der Waals surface area contributed by atoms with Gasteiger partial charge >= 0.3 is 5.97 Å². The third-order valence-electron chi connectivity index (χ3n) is 3.12. The number of carbonyl (C=O) groups is 1. The quantitative estimate of drug-likeness (QED) is 0.835. The minimum atomic E-state index is -1.07. The topological polar surface area (TPSA) is 62.5 Å². The van der Waals surface area contributed by atoms with Crippen LogP contribution in [0.3, 0.4) is 0 Å². The van der Waals surface area contributed by atoms with E-state index < -0.39 is 5.97 Å². The van der Waals surface area contributed by atoms with Crippen molar-refractivity contribution in [3.05, 3.63) is 57.5 Å². The summed E-state index contributed by atoms with van der Waals surface area (Å²) in [4.78, 5) is 10.8. The van der Waals surface area contributed by atoms with Crippen molar-refractivity contribution in [1.82, 2.24) is 5.32 Å². The van der Waals surface area contributed by atoms with Gasteiger partial charge in [-0.1, -0.05) is 29.3 Å². The maximum atomic E-state index is 10.8. The van der Waals surface area contributed by atoms with Gasteiger partial charge in [0.05, 0.1) is 6.04 Å². The van der Waals surface area contributed by atoms with Crippen molar-refractivity contribution in [2.45, 2.75) is 19.4 Å². The lowest BCUT2D eigenvalue weighted by molar-refractivity contribution is 0.0659. The van der Waals surface area contributed by atoms with Crippen molar-refractivity contribution in [2.24, 2.45) is 0 Å². The van der Waals surface area contributed by atoms with E-state index in [-0.39, 0.29) is 11.8 Å². The van der Waals surface area contributed by atoms with Gasteiger partial charge in [0.15, 0.2) is 0 Å². The number of hydrogen-bond acceptors (Lipinski definition) is 3. The molecule has 2 rings (SSSR count). The second-order valence-corrected chi connectivity index (χ2v) is 5.51. The Balaban J connectivity index is 1.88. The Morgan fingerprint density at radius 3 is 2.71 bits per heavy atom. The molecule has 2 N–H and O–H groups in total. The van der Waals surface area contributed by atoms with Crippen molar-refractivity contribution in [2.75, 3.05) is 6.54 Å². The first-order chi connectivity index (χ1) is 9.97. The Morgan fingerprint density at radius 1 is 1.33 bits per heavy atom. The maximum absolute atomic E-state index is 10.8. The minimum absolute atomic E-state index is 0.0561. The molecular formula is C15H15Cl2NO3. The number of furan rings is 1. The molecule has 1 heterocycles. The average molecular weight is 328 g/mol. The number of aromatic carboxylic acids is 1. The molecule has 1 unspecified atom stereocenters. The predicted octanol–water partition coefficient (Wildman–Crippen LogP) is 4.18. The lowest BCUT2D eigenvalue weighted by Crippen LogP contribution is -2.21. The normalized spacial score (nSPS) is 12.3. The summed E-state index contributed by atoms with van der Waals surface area (Å²) in [7, 11) is 0.